The molecule has 0 spiro atoms. The Balaban J connectivity index is 2.71. The van der Waals surface area contributed by atoms with Crippen molar-refractivity contribution in [3.8, 4) is 11.9 Å². The van der Waals surface area contributed by atoms with Crippen molar-refractivity contribution in [1.29, 1.82) is 5.26 Å². The number of hydrogen-bond acceptors (Lipinski definition) is 5. The second-order valence-corrected chi connectivity index (χ2v) is 3.80. The molecule has 19 heavy (non-hydrogen) atoms. The monoisotopic (exact) mass is 267 g/mol. The molecule has 1 heterocycles. The van der Waals surface area contributed by atoms with E-state index in [4.69, 9.17) is 25.2 Å². The van der Waals surface area contributed by atoms with Crippen LogP contribution in [0.15, 0.2) is 6.07 Å². The van der Waals surface area contributed by atoms with Crippen LogP contribution in [0.5, 0.6) is 5.88 Å². The van der Waals surface area contributed by atoms with Crippen molar-refractivity contribution < 1.29 is 14.2 Å². The highest BCUT2D eigenvalue weighted by Gasteiger charge is 2.14. The first-order valence-electron chi connectivity index (χ1n) is 6.41. The molecular formula is C13H21N3O3. The fraction of sp³-hybridized carbons (Fsp3) is 0.615. The highest BCUT2D eigenvalue weighted by atomic mass is 16.5. The molecular weight excluding hydrogens is 246 g/mol. The molecule has 0 fully saturated rings. The van der Waals surface area contributed by atoms with Crippen LogP contribution in [-0.4, -0.2) is 37.6 Å². The van der Waals surface area contributed by atoms with E-state index in [1.807, 2.05) is 13.8 Å². The second-order valence-electron chi connectivity index (χ2n) is 3.80. The standard InChI is InChI=1S/C13H21N3O3/c1-3-17-6-5-16-11(10-14)9-12(15)13(16)19-8-7-18-4-2/h9H,3-8,15H2,1-2H3. The van der Waals surface area contributed by atoms with E-state index in [2.05, 4.69) is 6.07 Å². The fourth-order valence-electron chi connectivity index (χ4n) is 1.67. The van der Waals surface area contributed by atoms with Gasteiger partial charge < -0.3 is 19.9 Å². The minimum atomic E-state index is 0.404. The Kier molecular flexibility index (Phi) is 6.79. The van der Waals surface area contributed by atoms with Gasteiger partial charge in [0.15, 0.2) is 0 Å². The molecule has 0 atom stereocenters. The van der Waals surface area contributed by atoms with Crippen LogP contribution in [0.4, 0.5) is 5.69 Å². The first kappa shape index (κ1) is 15.3. The molecule has 0 saturated heterocycles. The summed E-state index contributed by atoms with van der Waals surface area (Å²) in [5.41, 5.74) is 6.80. The van der Waals surface area contributed by atoms with E-state index in [0.717, 1.165) is 0 Å². The zero-order valence-corrected chi connectivity index (χ0v) is 11.5. The lowest BCUT2D eigenvalue weighted by atomic mass is 10.4. The molecule has 0 amide bonds. The third-order valence-corrected chi connectivity index (χ3v) is 2.52. The molecule has 0 saturated carbocycles. The Morgan fingerprint density at radius 2 is 1.89 bits per heavy atom. The van der Waals surface area contributed by atoms with E-state index in [0.29, 0.717) is 56.8 Å². The third kappa shape index (κ3) is 4.47. The van der Waals surface area contributed by atoms with Crippen molar-refractivity contribution in [2.75, 3.05) is 38.8 Å². The molecule has 0 aliphatic carbocycles. The van der Waals surface area contributed by atoms with Gasteiger partial charge in [-0.1, -0.05) is 0 Å². The van der Waals surface area contributed by atoms with Crippen LogP contribution in [0.3, 0.4) is 0 Å². The lowest BCUT2D eigenvalue weighted by Gasteiger charge is -2.12. The van der Waals surface area contributed by atoms with Gasteiger partial charge in [-0.3, -0.25) is 4.57 Å². The summed E-state index contributed by atoms with van der Waals surface area (Å²) in [6.07, 6.45) is 0. The predicted molar refractivity (Wildman–Crippen MR) is 72.0 cm³/mol. The van der Waals surface area contributed by atoms with Gasteiger partial charge in [-0.25, -0.2) is 0 Å². The van der Waals surface area contributed by atoms with Crippen molar-refractivity contribution >= 4 is 5.69 Å². The summed E-state index contributed by atoms with van der Waals surface area (Å²) in [5, 5.41) is 9.07. The normalized spacial score (nSPS) is 10.4. The van der Waals surface area contributed by atoms with Crippen molar-refractivity contribution in [3.05, 3.63) is 11.8 Å². The summed E-state index contributed by atoms with van der Waals surface area (Å²) in [5.74, 6) is 0.510. The average Bonchev–Trinajstić information content (AvgIpc) is 2.71. The Bertz CT molecular complexity index is 424. The summed E-state index contributed by atoms with van der Waals surface area (Å²) in [6, 6.07) is 3.71. The molecule has 2 N–H and O–H groups in total. The molecule has 0 aliphatic heterocycles. The van der Waals surface area contributed by atoms with Crippen molar-refractivity contribution in [2.24, 2.45) is 0 Å². The molecule has 1 rings (SSSR count). The number of ether oxygens (including phenoxy) is 3. The van der Waals surface area contributed by atoms with Gasteiger partial charge in [0.2, 0.25) is 5.88 Å². The largest absolute Gasteiger partial charge is 0.475 e. The van der Waals surface area contributed by atoms with Gasteiger partial charge in [0.1, 0.15) is 18.4 Å². The number of nitrogen functional groups attached to an aromatic ring is 1. The van der Waals surface area contributed by atoms with Crippen molar-refractivity contribution in [2.45, 2.75) is 20.4 Å². The maximum atomic E-state index is 9.07. The molecule has 106 valence electrons. The molecule has 1 aromatic heterocycles. The van der Waals surface area contributed by atoms with Crippen molar-refractivity contribution in [3.63, 3.8) is 0 Å². The maximum absolute atomic E-state index is 9.07. The summed E-state index contributed by atoms with van der Waals surface area (Å²) in [7, 11) is 0. The topological polar surface area (TPSA) is 82.4 Å². The molecule has 0 bridgehead atoms. The zero-order chi connectivity index (χ0) is 14.1. The van der Waals surface area contributed by atoms with Crippen LogP contribution in [0, 0.1) is 11.3 Å². The fourth-order valence-corrected chi connectivity index (χ4v) is 1.67. The van der Waals surface area contributed by atoms with Crippen molar-refractivity contribution in [1.82, 2.24) is 4.57 Å². The minimum Gasteiger partial charge on any atom is -0.475 e. The Morgan fingerprint density at radius 1 is 1.21 bits per heavy atom. The van der Waals surface area contributed by atoms with E-state index in [1.165, 1.54) is 0 Å². The first-order chi connectivity index (χ1) is 9.24. The molecule has 6 heteroatoms. The number of nitrogens with zero attached hydrogens (tertiary/aromatic N) is 2. The molecule has 1 aromatic rings. The first-order valence-corrected chi connectivity index (χ1v) is 6.41. The number of anilines is 1. The van der Waals surface area contributed by atoms with Crippen LogP contribution < -0.4 is 10.5 Å². The van der Waals surface area contributed by atoms with E-state index in [9.17, 15) is 0 Å². The number of aromatic nitrogens is 1. The van der Waals surface area contributed by atoms with Gasteiger partial charge in [-0.05, 0) is 13.8 Å². The number of hydrogen-bond donors (Lipinski definition) is 1. The quantitative estimate of drug-likeness (QED) is 0.684. The average molecular weight is 267 g/mol. The van der Waals surface area contributed by atoms with Crippen LogP contribution in [-0.2, 0) is 16.0 Å². The lowest BCUT2D eigenvalue weighted by Crippen LogP contribution is -2.13. The third-order valence-electron chi connectivity index (χ3n) is 2.52. The molecule has 0 radical (unpaired) electrons. The van der Waals surface area contributed by atoms with Gasteiger partial charge in [-0.15, -0.1) is 0 Å². The van der Waals surface area contributed by atoms with Gasteiger partial charge >= 0.3 is 0 Å². The summed E-state index contributed by atoms with van der Waals surface area (Å²) in [6.45, 7) is 7.09. The number of rotatable bonds is 9. The second kappa shape index (κ2) is 8.40. The number of nitriles is 1. The minimum absolute atomic E-state index is 0.404. The van der Waals surface area contributed by atoms with Crippen LogP contribution in [0.25, 0.3) is 0 Å². The van der Waals surface area contributed by atoms with Gasteiger partial charge in [0.25, 0.3) is 0 Å². The Hall–Kier alpha value is -1.71. The SMILES string of the molecule is CCOCCOc1c(N)cc(C#N)n1CCOCC. The predicted octanol–water partition coefficient (Wildman–Crippen LogP) is 1.39. The van der Waals surface area contributed by atoms with Gasteiger partial charge in [0.05, 0.1) is 25.4 Å². The zero-order valence-electron chi connectivity index (χ0n) is 11.5. The van der Waals surface area contributed by atoms with E-state index >= 15 is 0 Å². The summed E-state index contributed by atoms with van der Waals surface area (Å²) < 4.78 is 17.8. The Labute approximate surface area is 113 Å². The molecule has 0 unspecified atom stereocenters. The van der Waals surface area contributed by atoms with Crippen LogP contribution in [0.1, 0.15) is 19.5 Å². The van der Waals surface area contributed by atoms with E-state index in [1.54, 1.807) is 10.6 Å². The molecule has 6 nitrogen and oxygen atoms in total. The summed E-state index contributed by atoms with van der Waals surface area (Å²) in [4.78, 5) is 0. The Morgan fingerprint density at radius 3 is 2.53 bits per heavy atom. The molecule has 0 aliphatic rings. The highest BCUT2D eigenvalue weighted by molar-refractivity contribution is 5.55. The maximum Gasteiger partial charge on any atom is 0.218 e. The van der Waals surface area contributed by atoms with Gasteiger partial charge in [0, 0.05) is 19.3 Å². The highest BCUT2D eigenvalue weighted by Crippen LogP contribution is 2.26. The lowest BCUT2D eigenvalue weighted by molar-refractivity contribution is 0.104. The van der Waals surface area contributed by atoms with E-state index in [-0.39, 0.29) is 0 Å². The summed E-state index contributed by atoms with van der Waals surface area (Å²) >= 11 is 0. The van der Waals surface area contributed by atoms with Gasteiger partial charge in [-0.2, -0.15) is 5.26 Å². The number of nitrogens with two attached hydrogens (primary N) is 1. The van der Waals surface area contributed by atoms with Crippen LogP contribution >= 0.6 is 0 Å². The van der Waals surface area contributed by atoms with Crippen LogP contribution in [0.2, 0.25) is 0 Å². The van der Waals surface area contributed by atoms with E-state index < -0.39 is 0 Å². The smallest absolute Gasteiger partial charge is 0.218 e. The molecule has 0 aromatic carbocycles.